The second-order valence-electron chi connectivity index (χ2n) is 5.06. The molecule has 27 heavy (non-hydrogen) atoms. The normalized spacial score (nSPS) is 11.6. The molecule has 0 unspecified atom stereocenters. The third-order valence-corrected chi connectivity index (χ3v) is 3.88. The van der Waals surface area contributed by atoms with Crippen LogP contribution in [0.3, 0.4) is 0 Å². The number of methoxy groups -OCH3 is 1. The molecular weight excluding hydrogens is 376 g/mol. The van der Waals surface area contributed by atoms with Crippen molar-refractivity contribution in [3.05, 3.63) is 53.6 Å². The van der Waals surface area contributed by atoms with Crippen molar-refractivity contribution in [1.29, 1.82) is 0 Å². The van der Waals surface area contributed by atoms with Crippen LogP contribution in [0.25, 0.3) is 0 Å². The van der Waals surface area contributed by atoms with Crippen LogP contribution in [0.2, 0.25) is 0 Å². The molecule has 0 saturated carbocycles. The van der Waals surface area contributed by atoms with Gasteiger partial charge in [0.25, 0.3) is 10.1 Å². The predicted octanol–water partition coefficient (Wildman–Crippen LogP) is 1.27. The number of rotatable bonds is 4. The number of nitrogens with two attached hydrogens (primary N) is 1. The standard InChI is InChI=1S/C9H12N4O3.C7H8O3S/c1-16-8-3-2-6(4-7(8)14)5-11-12-9(10)13-15;1-6-2-4-7(5-3-6)11(8,9)10/h2-5,14-15H,1H3,(H3,10,12,13);2-5H,1H3,(H,8,9,10). The lowest BCUT2D eigenvalue weighted by Gasteiger charge is -2.02. The molecule has 0 fully saturated rings. The number of phenolic OH excluding ortho intramolecular Hbond substituents is 1. The van der Waals surface area contributed by atoms with Gasteiger partial charge >= 0.3 is 0 Å². The monoisotopic (exact) mass is 396 g/mol. The summed E-state index contributed by atoms with van der Waals surface area (Å²) in [6, 6.07) is 10.7. The minimum atomic E-state index is -4.02. The van der Waals surface area contributed by atoms with Gasteiger partial charge in [-0.3, -0.25) is 9.76 Å². The molecule has 0 amide bonds. The molecule has 0 aliphatic heterocycles. The summed E-state index contributed by atoms with van der Waals surface area (Å²) in [7, 11) is -2.56. The maximum absolute atomic E-state index is 10.5. The number of hydroxylamine groups is 1. The van der Waals surface area contributed by atoms with Crippen LogP contribution in [0.15, 0.2) is 57.6 Å². The van der Waals surface area contributed by atoms with Crippen LogP contribution in [-0.2, 0) is 10.1 Å². The molecule has 0 heterocycles. The first-order valence-corrected chi connectivity index (χ1v) is 8.79. The van der Waals surface area contributed by atoms with E-state index in [-0.39, 0.29) is 16.6 Å². The van der Waals surface area contributed by atoms with Gasteiger partial charge in [-0.25, -0.2) is 5.48 Å². The lowest BCUT2D eigenvalue weighted by Crippen LogP contribution is -2.27. The molecule has 0 saturated heterocycles. The Morgan fingerprint density at radius 2 is 1.85 bits per heavy atom. The van der Waals surface area contributed by atoms with E-state index in [2.05, 4.69) is 10.2 Å². The van der Waals surface area contributed by atoms with Gasteiger partial charge in [0, 0.05) is 0 Å². The number of hydrogen-bond acceptors (Lipinski definition) is 7. The Labute approximate surface area is 156 Å². The van der Waals surface area contributed by atoms with Gasteiger partial charge in [0.2, 0.25) is 5.96 Å². The molecule has 0 spiro atoms. The number of nitrogens with one attached hydrogen (secondary N) is 1. The summed E-state index contributed by atoms with van der Waals surface area (Å²) >= 11 is 0. The molecule has 0 atom stereocenters. The van der Waals surface area contributed by atoms with Crippen LogP contribution >= 0.6 is 0 Å². The maximum Gasteiger partial charge on any atom is 0.294 e. The van der Waals surface area contributed by atoms with Crippen LogP contribution in [0.4, 0.5) is 0 Å². The predicted molar refractivity (Wildman–Crippen MR) is 99.8 cm³/mol. The zero-order valence-electron chi connectivity index (χ0n) is 14.6. The van der Waals surface area contributed by atoms with E-state index < -0.39 is 10.1 Å². The fourth-order valence-electron chi connectivity index (χ4n) is 1.68. The van der Waals surface area contributed by atoms with Gasteiger partial charge in [0.05, 0.1) is 18.2 Å². The van der Waals surface area contributed by atoms with E-state index in [0.29, 0.717) is 11.3 Å². The second kappa shape index (κ2) is 10.1. The Morgan fingerprint density at radius 3 is 2.33 bits per heavy atom. The Morgan fingerprint density at radius 1 is 1.22 bits per heavy atom. The van der Waals surface area contributed by atoms with E-state index in [9.17, 15) is 13.5 Å². The summed E-state index contributed by atoms with van der Waals surface area (Å²) in [4.78, 5) is -0.0666. The van der Waals surface area contributed by atoms with Gasteiger partial charge in [0.1, 0.15) is 0 Å². The number of aromatic hydroxyl groups is 1. The quantitative estimate of drug-likeness (QED) is 0.223. The zero-order valence-corrected chi connectivity index (χ0v) is 15.4. The molecule has 0 radical (unpaired) electrons. The number of benzene rings is 2. The molecule has 11 heteroatoms. The Bertz CT molecular complexity index is 911. The van der Waals surface area contributed by atoms with E-state index in [0.717, 1.165) is 5.56 Å². The lowest BCUT2D eigenvalue weighted by atomic mass is 10.2. The van der Waals surface area contributed by atoms with Crippen molar-refractivity contribution in [2.75, 3.05) is 7.11 Å². The second-order valence-corrected chi connectivity index (χ2v) is 6.48. The smallest absolute Gasteiger partial charge is 0.294 e. The number of hydrogen-bond donors (Lipinski definition) is 5. The Kier molecular flexibility index (Phi) is 8.20. The van der Waals surface area contributed by atoms with Crippen LogP contribution in [-0.4, -0.2) is 42.6 Å². The van der Waals surface area contributed by atoms with Crippen LogP contribution in [0, 0.1) is 6.92 Å². The highest BCUT2D eigenvalue weighted by atomic mass is 32.2. The first-order chi connectivity index (χ1) is 12.7. The van der Waals surface area contributed by atoms with Crippen molar-refractivity contribution < 1.29 is 28.0 Å². The molecule has 0 aromatic heterocycles. The highest BCUT2D eigenvalue weighted by molar-refractivity contribution is 7.85. The van der Waals surface area contributed by atoms with E-state index in [4.69, 9.17) is 20.2 Å². The Hall–Kier alpha value is -3.15. The van der Waals surface area contributed by atoms with Crippen molar-refractivity contribution in [1.82, 2.24) is 5.48 Å². The molecule has 2 aromatic carbocycles. The van der Waals surface area contributed by atoms with Crippen LogP contribution in [0.1, 0.15) is 11.1 Å². The van der Waals surface area contributed by atoms with Crippen molar-refractivity contribution in [2.24, 2.45) is 15.9 Å². The van der Waals surface area contributed by atoms with E-state index in [1.165, 1.54) is 31.5 Å². The fraction of sp³-hybridized carbons (Fsp3) is 0.125. The Balaban J connectivity index is 0.000000289. The number of ether oxygens (including phenoxy) is 1. The topological polar surface area (TPSA) is 167 Å². The highest BCUT2D eigenvalue weighted by Crippen LogP contribution is 2.25. The number of guanidine groups is 1. The van der Waals surface area contributed by atoms with Gasteiger partial charge in [-0.2, -0.15) is 13.5 Å². The van der Waals surface area contributed by atoms with E-state index in [1.807, 2.05) is 6.92 Å². The van der Waals surface area contributed by atoms with Crippen LogP contribution in [0.5, 0.6) is 11.5 Å². The number of phenols is 1. The van der Waals surface area contributed by atoms with E-state index in [1.54, 1.807) is 29.7 Å². The fourth-order valence-corrected chi connectivity index (χ4v) is 2.16. The van der Waals surface area contributed by atoms with Gasteiger partial charge in [-0.15, -0.1) is 5.10 Å². The molecule has 146 valence electrons. The summed E-state index contributed by atoms with van der Waals surface area (Å²) in [6.07, 6.45) is 1.36. The summed E-state index contributed by atoms with van der Waals surface area (Å²) < 4.78 is 34.4. The molecule has 0 aliphatic carbocycles. The highest BCUT2D eigenvalue weighted by Gasteiger charge is 2.06. The molecule has 10 nitrogen and oxygen atoms in total. The van der Waals surface area contributed by atoms with Gasteiger partial charge in [-0.1, -0.05) is 17.7 Å². The average Bonchev–Trinajstić information content (AvgIpc) is 2.62. The zero-order chi connectivity index (χ0) is 20.4. The minimum Gasteiger partial charge on any atom is -0.504 e. The van der Waals surface area contributed by atoms with Crippen molar-refractivity contribution in [3.8, 4) is 11.5 Å². The molecule has 0 bridgehead atoms. The van der Waals surface area contributed by atoms with Gasteiger partial charge in [-0.05, 0) is 42.8 Å². The third-order valence-electron chi connectivity index (χ3n) is 3.01. The summed E-state index contributed by atoms with van der Waals surface area (Å²) in [5.41, 5.74) is 8.32. The number of nitrogens with zero attached hydrogens (tertiary/aromatic N) is 2. The average molecular weight is 396 g/mol. The maximum atomic E-state index is 10.5. The summed E-state index contributed by atoms with van der Waals surface area (Å²) in [5.74, 6) is 0.148. The largest absolute Gasteiger partial charge is 0.504 e. The van der Waals surface area contributed by atoms with Gasteiger partial charge < -0.3 is 15.6 Å². The van der Waals surface area contributed by atoms with Crippen LogP contribution < -0.4 is 16.0 Å². The number of aryl methyl sites for hydroxylation is 1. The van der Waals surface area contributed by atoms with Crippen molar-refractivity contribution in [2.45, 2.75) is 11.8 Å². The third kappa shape index (κ3) is 7.73. The lowest BCUT2D eigenvalue weighted by molar-refractivity contribution is 0.232. The molecule has 2 rings (SSSR count). The molecule has 2 aromatic rings. The molecule has 0 aliphatic rings. The van der Waals surface area contributed by atoms with E-state index >= 15 is 0 Å². The first-order valence-electron chi connectivity index (χ1n) is 7.35. The summed E-state index contributed by atoms with van der Waals surface area (Å²) in [5, 5.41) is 24.7. The first kappa shape index (κ1) is 21.9. The molecular formula is C16H20N4O6S. The van der Waals surface area contributed by atoms with Crippen molar-refractivity contribution in [3.63, 3.8) is 0 Å². The minimum absolute atomic E-state index is 0.00341. The summed E-state index contributed by atoms with van der Waals surface area (Å²) in [6.45, 7) is 1.84. The van der Waals surface area contributed by atoms with Gasteiger partial charge in [0.15, 0.2) is 11.5 Å². The SMILES string of the molecule is COc1ccc(C=N/N=C(\N)NO)cc1O.Cc1ccc(S(=O)(=O)O)cc1. The van der Waals surface area contributed by atoms with Crippen molar-refractivity contribution >= 4 is 22.3 Å². The molecule has 6 N–H and O–H groups in total.